The van der Waals surface area contributed by atoms with E-state index < -0.39 is 0 Å². The van der Waals surface area contributed by atoms with Crippen molar-refractivity contribution in [3.8, 4) is 0 Å². The number of ether oxygens (including phenoxy) is 1. The third-order valence-corrected chi connectivity index (χ3v) is 3.05. The second-order valence-corrected chi connectivity index (χ2v) is 4.69. The lowest BCUT2D eigenvalue weighted by Crippen LogP contribution is -2.23. The summed E-state index contributed by atoms with van der Waals surface area (Å²) in [5, 5.41) is 3.10. The smallest absolute Gasteiger partial charge is 0.193 e. The summed E-state index contributed by atoms with van der Waals surface area (Å²) < 4.78 is 5.54. The first-order valence-electron chi connectivity index (χ1n) is 6.49. The summed E-state index contributed by atoms with van der Waals surface area (Å²) >= 11 is 0. The maximum atomic E-state index is 5.84. The number of aryl methyl sites for hydroxylation is 1. The van der Waals surface area contributed by atoms with Gasteiger partial charge in [0.1, 0.15) is 0 Å². The molecule has 4 nitrogen and oxygen atoms in total. The molecular weight excluding hydrogens is 226 g/mol. The van der Waals surface area contributed by atoms with Crippen LogP contribution in [0, 0.1) is 6.92 Å². The van der Waals surface area contributed by atoms with Gasteiger partial charge in [0.25, 0.3) is 0 Å². The van der Waals surface area contributed by atoms with E-state index in [1.807, 2.05) is 18.2 Å². The lowest BCUT2D eigenvalue weighted by atomic mass is 10.2. The molecule has 2 rings (SSSR count). The van der Waals surface area contributed by atoms with Gasteiger partial charge in [0.2, 0.25) is 0 Å². The van der Waals surface area contributed by atoms with Crippen LogP contribution in [-0.2, 0) is 4.74 Å². The third-order valence-electron chi connectivity index (χ3n) is 3.05. The number of rotatable bonds is 4. The molecule has 1 aliphatic heterocycles. The summed E-state index contributed by atoms with van der Waals surface area (Å²) in [4.78, 5) is 4.32. The van der Waals surface area contributed by atoms with Gasteiger partial charge in [-0.05, 0) is 43.9 Å². The van der Waals surface area contributed by atoms with Crippen LogP contribution in [0.5, 0.6) is 0 Å². The largest absolute Gasteiger partial charge is 0.378 e. The molecule has 0 bridgehead atoms. The molecule has 98 valence electrons. The summed E-state index contributed by atoms with van der Waals surface area (Å²) in [5.74, 6) is 0.471. The van der Waals surface area contributed by atoms with Crippen molar-refractivity contribution >= 4 is 11.6 Å². The van der Waals surface area contributed by atoms with Crippen LogP contribution in [0.15, 0.2) is 29.3 Å². The Morgan fingerprint density at radius 2 is 2.44 bits per heavy atom. The van der Waals surface area contributed by atoms with Gasteiger partial charge >= 0.3 is 0 Å². The summed E-state index contributed by atoms with van der Waals surface area (Å²) in [6.45, 7) is 3.66. The molecule has 18 heavy (non-hydrogen) atoms. The van der Waals surface area contributed by atoms with Gasteiger partial charge in [0.05, 0.1) is 6.10 Å². The van der Waals surface area contributed by atoms with Gasteiger partial charge in [-0.3, -0.25) is 4.99 Å². The molecule has 1 aromatic rings. The zero-order chi connectivity index (χ0) is 12.8. The minimum absolute atomic E-state index is 0.375. The highest BCUT2D eigenvalue weighted by Crippen LogP contribution is 2.15. The highest BCUT2D eigenvalue weighted by atomic mass is 16.5. The fourth-order valence-corrected chi connectivity index (χ4v) is 2.11. The van der Waals surface area contributed by atoms with Crippen LogP contribution in [0.1, 0.15) is 24.8 Å². The fourth-order valence-electron chi connectivity index (χ4n) is 2.11. The molecule has 1 saturated heterocycles. The Kier molecular flexibility index (Phi) is 4.59. The minimum atomic E-state index is 0.375. The molecule has 4 heteroatoms. The predicted octanol–water partition coefficient (Wildman–Crippen LogP) is 2.29. The third kappa shape index (κ3) is 4.04. The van der Waals surface area contributed by atoms with E-state index >= 15 is 0 Å². The maximum Gasteiger partial charge on any atom is 0.193 e. The standard InChI is InChI=1S/C14H21N3O/c1-11-4-2-5-12(10-11)17-14(15)16-8-7-13-6-3-9-18-13/h2,4-5,10,13H,3,6-9H2,1H3,(H3,15,16,17). The van der Waals surface area contributed by atoms with Gasteiger partial charge in [0.15, 0.2) is 5.96 Å². The molecule has 0 radical (unpaired) electrons. The molecule has 0 spiro atoms. The van der Waals surface area contributed by atoms with Gasteiger partial charge in [-0.25, -0.2) is 0 Å². The van der Waals surface area contributed by atoms with Crippen molar-refractivity contribution in [2.45, 2.75) is 32.3 Å². The number of aliphatic imine (C=N–C) groups is 1. The molecule has 1 aromatic carbocycles. The Bertz CT molecular complexity index is 411. The van der Waals surface area contributed by atoms with E-state index in [1.165, 1.54) is 12.0 Å². The number of hydrogen-bond donors (Lipinski definition) is 2. The van der Waals surface area contributed by atoms with Crippen LogP contribution in [0.3, 0.4) is 0 Å². The van der Waals surface area contributed by atoms with Crippen molar-refractivity contribution < 1.29 is 4.74 Å². The number of nitrogens with one attached hydrogen (secondary N) is 1. The summed E-state index contributed by atoms with van der Waals surface area (Å²) in [6.07, 6.45) is 3.66. The molecule has 3 N–H and O–H groups in total. The first kappa shape index (κ1) is 12.9. The zero-order valence-corrected chi connectivity index (χ0v) is 10.9. The molecule has 1 atom stereocenters. The quantitative estimate of drug-likeness (QED) is 0.634. The van der Waals surface area contributed by atoms with Crippen LogP contribution < -0.4 is 11.1 Å². The van der Waals surface area contributed by atoms with E-state index in [9.17, 15) is 0 Å². The molecule has 0 aromatic heterocycles. The van der Waals surface area contributed by atoms with Gasteiger partial charge in [0, 0.05) is 18.8 Å². The molecule has 1 unspecified atom stereocenters. The highest BCUT2D eigenvalue weighted by molar-refractivity contribution is 5.92. The number of anilines is 1. The first-order chi connectivity index (χ1) is 8.74. The Balaban J connectivity index is 1.77. The average Bonchev–Trinajstić information content (AvgIpc) is 2.82. The number of nitrogens with zero attached hydrogens (tertiary/aromatic N) is 1. The molecule has 0 amide bonds. The van der Waals surface area contributed by atoms with Gasteiger partial charge in [-0.1, -0.05) is 12.1 Å². The first-order valence-corrected chi connectivity index (χ1v) is 6.49. The maximum absolute atomic E-state index is 5.84. The second-order valence-electron chi connectivity index (χ2n) is 4.69. The molecular formula is C14H21N3O. The Labute approximate surface area is 108 Å². The lowest BCUT2D eigenvalue weighted by molar-refractivity contribution is 0.106. The fraction of sp³-hybridized carbons (Fsp3) is 0.500. The SMILES string of the molecule is Cc1cccc(NC(N)=NCCC2CCCO2)c1. The van der Waals surface area contributed by atoms with E-state index in [0.29, 0.717) is 12.1 Å². The Morgan fingerprint density at radius 1 is 1.56 bits per heavy atom. The van der Waals surface area contributed by atoms with Crippen molar-refractivity contribution in [3.05, 3.63) is 29.8 Å². The van der Waals surface area contributed by atoms with Gasteiger partial charge in [-0.15, -0.1) is 0 Å². The highest BCUT2D eigenvalue weighted by Gasteiger charge is 2.14. The normalized spacial score (nSPS) is 20.1. The predicted molar refractivity (Wildman–Crippen MR) is 74.9 cm³/mol. The lowest BCUT2D eigenvalue weighted by Gasteiger charge is -2.08. The summed E-state index contributed by atoms with van der Waals surface area (Å²) in [6, 6.07) is 8.07. The average molecular weight is 247 g/mol. The van der Waals surface area contributed by atoms with E-state index in [-0.39, 0.29) is 0 Å². The van der Waals surface area contributed by atoms with E-state index in [0.717, 1.165) is 31.7 Å². The van der Waals surface area contributed by atoms with Gasteiger partial charge in [-0.2, -0.15) is 0 Å². The van der Waals surface area contributed by atoms with Crippen LogP contribution in [0.2, 0.25) is 0 Å². The molecule has 0 saturated carbocycles. The summed E-state index contributed by atoms with van der Waals surface area (Å²) in [7, 11) is 0. The number of guanidine groups is 1. The van der Waals surface area contributed by atoms with Crippen LogP contribution in [0.4, 0.5) is 5.69 Å². The summed E-state index contributed by atoms with van der Waals surface area (Å²) in [5.41, 5.74) is 8.02. The van der Waals surface area contributed by atoms with E-state index in [2.05, 4.69) is 23.3 Å². The Morgan fingerprint density at radius 3 is 3.17 bits per heavy atom. The van der Waals surface area contributed by atoms with Crippen molar-refractivity contribution in [2.75, 3.05) is 18.5 Å². The zero-order valence-electron chi connectivity index (χ0n) is 10.9. The molecule has 1 fully saturated rings. The van der Waals surface area contributed by atoms with Crippen LogP contribution in [0.25, 0.3) is 0 Å². The minimum Gasteiger partial charge on any atom is -0.378 e. The molecule has 0 aliphatic carbocycles. The number of benzene rings is 1. The van der Waals surface area contributed by atoms with Gasteiger partial charge < -0.3 is 15.8 Å². The second kappa shape index (κ2) is 6.40. The number of nitrogens with two attached hydrogens (primary N) is 1. The van der Waals surface area contributed by atoms with E-state index in [4.69, 9.17) is 10.5 Å². The van der Waals surface area contributed by atoms with Crippen molar-refractivity contribution in [3.63, 3.8) is 0 Å². The molecule has 1 aliphatic rings. The van der Waals surface area contributed by atoms with Crippen molar-refractivity contribution in [2.24, 2.45) is 10.7 Å². The van der Waals surface area contributed by atoms with Crippen LogP contribution in [-0.4, -0.2) is 25.2 Å². The van der Waals surface area contributed by atoms with Crippen molar-refractivity contribution in [1.29, 1.82) is 0 Å². The monoisotopic (exact) mass is 247 g/mol. The number of hydrogen-bond acceptors (Lipinski definition) is 2. The van der Waals surface area contributed by atoms with E-state index in [1.54, 1.807) is 0 Å². The van der Waals surface area contributed by atoms with Crippen LogP contribution >= 0.6 is 0 Å². The Hall–Kier alpha value is -1.55. The molecule has 1 heterocycles. The topological polar surface area (TPSA) is 59.6 Å². The van der Waals surface area contributed by atoms with Crippen molar-refractivity contribution in [1.82, 2.24) is 0 Å².